The highest BCUT2D eigenvalue weighted by Crippen LogP contribution is 2.16. The van der Waals surface area contributed by atoms with Gasteiger partial charge in [0.15, 0.2) is 0 Å². The van der Waals surface area contributed by atoms with Crippen LogP contribution in [0, 0.1) is 0 Å². The van der Waals surface area contributed by atoms with Gasteiger partial charge in [0.2, 0.25) is 0 Å². The number of rotatable bonds is 4. The van der Waals surface area contributed by atoms with E-state index >= 15 is 0 Å². The second-order valence-corrected chi connectivity index (χ2v) is 6.17. The molecule has 0 N–H and O–H groups in total. The molecule has 0 aromatic heterocycles. The Kier molecular flexibility index (Phi) is 5.17. The second-order valence-electron chi connectivity index (χ2n) is 3.17. The lowest BCUT2D eigenvalue weighted by molar-refractivity contribution is 0.832. The summed E-state index contributed by atoms with van der Waals surface area (Å²) in [6.07, 6.45) is 4.60. The SMILES string of the molecule is CSc1ccc(CCC(C)I)cc1. The average molecular weight is 306 g/mol. The highest BCUT2D eigenvalue weighted by Gasteiger charge is 1.97. The van der Waals surface area contributed by atoms with Crippen LogP contribution in [0.5, 0.6) is 0 Å². The number of aryl methyl sites for hydroxylation is 1. The third-order valence-corrected chi connectivity index (χ3v) is 3.36. The lowest BCUT2D eigenvalue weighted by Gasteiger charge is -2.04. The number of benzene rings is 1. The van der Waals surface area contributed by atoms with Gasteiger partial charge in [-0.15, -0.1) is 11.8 Å². The highest BCUT2D eigenvalue weighted by molar-refractivity contribution is 14.1. The molecule has 0 spiro atoms. The molecule has 72 valence electrons. The first-order valence-corrected chi connectivity index (χ1v) is 6.96. The van der Waals surface area contributed by atoms with E-state index in [1.165, 1.54) is 23.3 Å². The molecule has 0 bridgehead atoms. The first-order chi connectivity index (χ1) is 6.22. The summed E-state index contributed by atoms with van der Waals surface area (Å²) in [5, 5.41) is 0. The molecule has 1 unspecified atom stereocenters. The fourth-order valence-electron chi connectivity index (χ4n) is 1.16. The summed E-state index contributed by atoms with van der Waals surface area (Å²) in [4.78, 5) is 1.35. The minimum absolute atomic E-state index is 0.776. The lowest BCUT2D eigenvalue weighted by atomic mass is 10.1. The Morgan fingerprint density at radius 1 is 1.31 bits per heavy atom. The third-order valence-electron chi connectivity index (χ3n) is 1.99. The van der Waals surface area contributed by atoms with Crippen LogP contribution in [0.25, 0.3) is 0 Å². The average Bonchev–Trinajstić information content (AvgIpc) is 2.15. The van der Waals surface area contributed by atoms with Gasteiger partial charge in [0.05, 0.1) is 0 Å². The smallest absolute Gasteiger partial charge is 0.00844 e. The van der Waals surface area contributed by atoms with E-state index in [-0.39, 0.29) is 0 Å². The van der Waals surface area contributed by atoms with E-state index in [0.29, 0.717) is 0 Å². The van der Waals surface area contributed by atoms with Crippen molar-refractivity contribution in [3.63, 3.8) is 0 Å². The van der Waals surface area contributed by atoms with Crippen LogP contribution in [0.15, 0.2) is 29.2 Å². The Morgan fingerprint density at radius 3 is 2.38 bits per heavy atom. The molecule has 0 saturated carbocycles. The van der Waals surface area contributed by atoms with Crippen molar-refractivity contribution in [3.05, 3.63) is 29.8 Å². The topological polar surface area (TPSA) is 0 Å². The first kappa shape index (κ1) is 11.4. The van der Waals surface area contributed by atoms with Crippen LogP contribution < -0.4 is 0 Å². The number of hydrogen-bond acceptors (Lipinski definition) is 1. The molecule has 13 heavy (non-hydrogen) atoms. The lowest BCUT2D eigenvalue weighted by Crippen LogP contribution is -1.93. The van der Waals surface area contributed by atoms with Gasteiger partial charge >= 0.3 is 0 Å². The molecule has 1 atom stereocenters. The zero-order valence-electron chi connectivity index (χ0n) is 8.09. The second kappa shape index (κ2) is 5.91. The summed E-state index contributed by atoms with van der Waals surface area (Å²) >= 11 is 4.28. The summed E-state index contributed by atoms with van der Waals surface area (Å²) in [5.74, 6) is 0. The minimum atomic E-state index is 0.776. The molecule has 0 saturated heterocycles. The largest absolute Gasteiger partial charge is 0.130 e. The maximum atomic E-state index is 2.48. The van der Waals surface area contributed by atoms with Crippen molar-refractivity contribution < 1.29 is 0 Å². The zero-order chi connectivity index (χ0) is 9.68. The standard InChI is InChI=1S/C11H15IS/c1-9(12)3-4-10-5-7-11(13-2)8-6-10/h5-9H,3-4H2,1-2H3. The third kappa shape index (κ3) is 4.36. The van der Waals surface area contributed by atoms with Gasteiger partial charge in [-0.05, 0) is 36.8 Å². The summed E-state index contributed by atoms with van der Waals surface area (Å²) in [6, 6.07) is 8.89. The number of hydrogen-bond donors (Lipinski definition) is 0. The predicted octanol–water partition coefficient (Wildman–Crippen LogP) is 4.16. The molecule has 0 nitrogen and oxygen atoms in total. The number of alkyl halides is 1. The van der Waals surface area contributed by atoms with Crippen LogP contribution >= 0.6 is 34.4 Å². The summed E-state index contributed by atoms with van der Waals surface area (Å²) in [7, 11) is 0. The zero-order valence-corrected chi connectivity index (χ0v) is 11.1. The van der Waals surface area contributed by atoms with Gasteiger partial charge in [0.25, 0.3) is 0 Å². The predicted molar refractivity (Wildman–Crippen MR) is 70.0 cm³/mol. The molecule has 1 aromatic carbocycles. The summed E-state index contributed by atoms with van der Waals surface area (Å²) in [6.45, 7) is 2.26. The molecule has 1 aromatic rings. The molecule has 0 amide bonds. The van der Waals surface area contributed by atoms with Gasteiger partial charge in [-0.2, -0.15) is 0 Å². The van der Waals surface area contributed by atoms with Gasteiger partial charge in [-0.3, -0.25) is 0 Å². The molecule has 0 heterocycles. The van der Waals surface area contributed by atoms with Gasteiger partial charge in [0.1, 0.15) is 0 Å². The molecular weight excluding hydrogens is 291 g/mol. The summed E-state index contributed by atoms with van der Waals surface area (Å²) in [5.41, 5.74) is 1.46. The molecule has 0 aliphatic heterocycles. The Hall–Kier alpha value is 0.300. The molecule has 1 rings (SSSR count). The van der Waals surface area contributed by atoms with Gasteiger partial charge < -0.3 is 0 Å². The van der Waals surface area contributed by atoms with Crippen molar-refractivity contribution in [3.8, 4) is 0 Å². The van der Waals surface area contributed by atoms with E-state index in [1.807, 2.05) is 0 Å². The van der Waals surface area contributed by atoms with Crippen LogP contribution in [0.2, 0.25) is 0 Å². The van der Waals surface area contributed by atoms with E-state index in [0.717, 1.165) is 3.92 Å². The first-order valence-electron chi connectivity index (χ1n) is 4.49. The molecule has 0 radical (unpaired) electrons. The van der Waals surface area contributed by atoms with Crippen LogP contribution in [0.4, 0.5) is 0 Å². The van der Waals surface area contributed by atoms with E-state index in [9.17, 15) is 0 Å². The molecule has 0 aliphatic rings. The van der Waals surface area contributed by atoms with Crippen LogP contribution in [0.1, 0.15) is 18.9 Å². The molecular formula is C11H15IS. The van der Waals surface area contributed by atoms with E-state index < -0.39 is 0 Å². The fourth-order valence-corrected chi connectivity index (χ4v) is 1.88. The van der Waals surface area contributed by atoms with Crippen LogP contribution in [-0.4, -0.2) is 10.2 Å². The van der Waals surface area contributed by atoms with Gasteiger partial charge in [-0.1, -0.05) is 41.6 Å². The van der Waals surface area contributed by atoms with Crippen molar-refractivity contribution in [2.24, 2.45) is 0 Å². The van der Waals surface area contributed by atoms with Crippen molar-refractivity contribution in [2.75, 3.05) is 6.26 Å². The van der Waals surface area contributed by atoms with E-state index in [2.05, 4.69) is 60.0 Å². The monoisotopic (exact) mass is 306 g/mol. The van der Waals surface area contributed by atoms with Gasteiger partial charge in [0, 0.05) is 8.82 Å². The van der Waals surface area contributed by atoms with Crippen molar-refractivity contribution in [2.45, 2.75) is 28.6 Å². The quantitative estimate of drug-likeness (QED) is 0.457. The van der Waals surface area contributed by atoms with Crippen LogP contribution in [-0.2, 0) is 6.42 Å². The Bertz CT molecular complexity index is 241. The number of thioether (sulfide) groups is 1. The minimum Gasteiger partial charge on any atom is -0.130 e. The summed E-state index contributed by atoms with van der Waals surface area (Å²) < 4.78 is 0.776. The van der Waals surface area contributed by atoms with Crippen molar-refractivity contribution in [1.29, 1.82) is 0 Å². The Morgan fingerprint density at radius 2 is 1.92 bits per heavy atom. The molecule has 2 heteroatoms. The van der Waals surface area contributed by atoms with E-state index in [1.54, 1.807) is 11.8 Å². The highest BCUT2D eigenvalue weighted by atomic mass is 127. The maximum Gasteiger partial charge on any atom is 0.00844 e. The van der Waals surface area contributed by atoms with Crippen molar-refractivity contribution in [1.82, 2.24) is 0 Å². The Balaban J connectivity index is 2.49. The Labute approximate surface area is 98.6 Å². The fraction of sp³-hybridized carbons (Fsp3) is 0.455. The molecule has 0 aliphatic carbocycles. The van der Waals surface area contributed by atoms with Crippen LogP contribution in [0.3, 0.4) is 0 Å². The molecule has 0 fully saturated rings. The normalized spacial score (nSPS) is 12.8. The van der Waals surface area contributed by atoms with Gasteiger partial charge in [-0.25, -0.2) is 0 Å². The maximum absolute atomic E-state index is 2.48. The van der Waals surface area contributed by atoms with Crippen molar-refractivity contribution >= 4 is 34.4 Å². The van der Waals surface area contributed by atoms with E-state index in [4.69, 9.17) is 0 Å². The number of halogens is 1.